The molecule has 12 heteroatoms. The number of hydrogen-bond donors (Lipinski definition) is 4. The van der Waals surface area contributed by atoms with Gasteiger partial charge in [0.1, 0.15) is 39.8 Å². The van der Waals surface area contributed by atoms with Gasteiger partial charge in [-0.05, 0) is 72.8 Å². The molecule has 7 rings (SSSR count). The molecule has 0 atom stereocenters. The van der Waals surface area contributed by atoms with Crippen LogP contribution in [-0.4, -0.2) is 54.3 Å². The second kappa shape index (κ2) is 12.0. The summed E-state index contributed by atoms with van der Waals surface area (Å²) in [7, 11) is 0. The Morgan fingerprint density at radius 1 is 0.625 bits per heavy atom. The van der Waals surface area contributed by atoms with Crippen molar-refractivity contribution in [2.24, 2.45) is 0 Å². The molecule has 0 aliphatic rings. The highest BCUT2D eigenvalue weighted by Crippen LogP contribution is 2.35. The summed E-state index contributed by atoms with van der Waals surface area (Å²) in [6, 6.07) is 27.3. The van der Waals surface area contributed by atoms with Crippen molar-refractivity contribution in [1.29, 1.82) is 0 Å². The number of hydrogen-bond acceptors (Lipinski definition) is 8. The fourth-order valence-corrected chi connectivity index (χ4v) is 5.23. The Morgan fingerprint density at radius 3 is 1.71 bits per heavy atom. The van der Waals surface area contributed by atoms with Crippen LogP contribution in [0.5, 0.6) is 17.2 Å². The fraction of sp³-hybridized carbons (Fsp3) is 0. The number of aldehydes is 1. The van der Waals surface area contributed by atoms with Crippen molar-refractivity contribution in [3.8, 4) is 40.0 Å². The molecular weight excluding hydrogens is 616 g/mol. The van der Waals surface area contributed by atoms with Crippen LogP contribution in [0.1, 0.15) is 41.4 Å². The standard InChI is InChI=1S/C36H22N4O8/c41-18-21-6-5-7-22(31(21)47-29-14-12-19(16-23(29)34(42)43)32-37-25-8-1-2-9-26(25)38-32)36(46)48-30-15-13-20(17-24(30)35(44)45)33-39-27-10-3-4-11-28(27)40-33/h1-18H,(H,37,38)(H,39,40)(H,42,43)(H,44,45). The molecule has 4 N–H and O–H groups in total. The van der Waals surface area contributed by atoms with E-state index in [2.05, 4.69) is 19.9 Å². The number of imidazole rings is 2. The number of carbonyl (C=O) groups is 4. The van der Waals surface area contributed by atoms with Gasteiger partial charge in [0.25, 0.3) is 0 Å². The maximum absolute atomic E-state index is 13.5. The molecule has 0 spiro atoms. The average molecular weight is 639 g/mol. The molecule has 0 radical (unpaired) electrons. The molecule has 48 heavy (non-hydrogen) atoms. The Bertz CT molecular complexity index is 2360. The van der Waals surface area contributed by atoms with Gasteiger partial charge in [0, 0.05) is 11.1 Å². The molecule has 0 saturated carbocycles. The number of para-hydroxylation sites is 5. The largest absolute Gasteiger partial charge is 0.478 e. The predicted octanol–water partition coefficient (Wildman–Crippen LogP) is 6.99. The van der Waals surface area contributed by atoms with Crippen molar-refractivity contribution >= 4 is 46.3 Å². The molecule has 0 aliphatic carbocycles. The van der Waals surface area contributed by atoms with Gasteiger partial charge in [-0.3, -0.25) is 4.79 Å². The normalized spacial score (nSPS) is 11.0. The number of carbonyl (C=O) groups excluding carboxylic acids is 2. The first-order valence-corrected chi connectivity index (χ1v) is 14.4. The van der Waals surface area contributed by atoms with E-state index in [1.54, 1.807) is 12.1 Å². The Labute approximate surface area is 270 Å². The molecule has 2 aromatic heterocycles. The van der Waals surface area contributed by atoms with E-state index in [4.69, 9.17) is 9.47 Å². The topological polar surface area (TPSA) is 185 Å². The first kappa shape index (κ1) is 29.6. The lowest BCUT2D eigenvalue weighted by Crippen LogP contribution is -2.14. The zero-order chi connectivity index (χ0) is 33.4. The minimum Gasteiger partial charge on any atom is -0.478 e. The van der Waals surface area contributed by atoms with Crippen LogP contribution in [0.15, 0.2) is 103 Å². The number of nitrogens with one attached hydrogen (secondary N) is 2. The SMILES string of the molecule is O=Cc1cccc(C(=O)Oc2ccc(-c3nc4ccccc4[nH]3)cc2C(=O)O)c1Oc1ccc(-c2nc3ccccc3[nH]2)cc1C(=O)O. The molecule has 0 bridgehead atoms. The summed E-state index contributed by atoms with van der Waals surface area (Å²) in [5.74, 6) is -3.56. The number of carboxylic acids is 2. The number of fused-ring (bicyclic) bond motifs is 2. The first-order valence-electron chi connectivity index (χ1n) is 14.4. The number of aromatic carboxylic acids is 2. The van der Waals surface area contributed by atoms with Gasteiger partial charge in [-0.15, -0.1) is 0 Å². The highest BCUT2D eigenvalue weighted by atomic mass is 16.5. The quantitative estimate of drug-likeness (QED) is 0.0729. The molecule has 0 saturated heterocycles. The van der Waals surface area contributed by atoms with Crippen LogP contribution in [0.25, 0.3) is 44.8 Å². The zero-order valence-corrected chi connectivity index (χ0v) is 24.6. The smallest absolute Gasteiger partial charge is 0.347 e. The second-order valence-corrected chi connectivity index (χ2v) is 10.6. The number of esters is 1. The van der Waals surface area contributed by atoms with Gasteiger partial charge in [0.05, 0.1) is 27.6 Å². The van der Waals surface area contributed by atoms with E-state index in [0.29, 0.717) is 40.1 Å². The monoisotopic (exact) mass is 638 g/mol. The lowest BCUT2D eigenvalue weighted by Gasteiger charge is -2.15. The van der Waals surface area contributed by atoms with E-state index in [0.717, 1.165) is 11.0 Å². The third-order valence-corrected chi connectivity index (χ3v) is 7.55. The van der Waals surface area contributed by atoms with E-state index >= 15 is 0 Å². The van der Waals surface area contributed by atoms with Gasteiger partial charge >= 0.3 is 17.9 Å². The van der Waals surface area contributed by atoms with Crippen LogP contribution in [0.2, 0.25) is 0 Å². The van der Waals surface area contributed by atoms with Gasteiger partial charge < -0.3 is 29.7 Å². The summed E-state index contributed by atoms with van der Waals surface area (Å²) in [6.45, 7) is 0. The van der Waals surface area contributed by atoms with Crippen LogP contribution in [0, 0.1) is 0 Å². The van der Waals surface area contributed by atoms with Gasteiger partial charge in [-0.2, -0.15) is 0 Å². The first-order chi connectivity index (χ1) is 23.3. The van der Waals surface area contributed by atoms with Crippen molar-refractivity contribution < 1.29 is 38.9 Å². The molecule has 2 heterocycles. The summed E-state index contributed by atoms with van der Waals surface area (Å²) in [6.07, 6.45) is 0.445. The van der Waals surface area contributed by atoms with E-state index < -0.39 is 17.9 Å². The van der Waals surface area contributed by atoms with Crippen LogP contribution in [0.4, 0.5) is 0 Å². The number of benzene rings is 5. The molecule has 12 nitrogen and oxygen atoms in total. The van der Waals surface area contributed by atoms with E-state index in [1.807, 2.05) is 48.5 Å². The molecule has 5 aromatic carbocycles. The number of aromatic nitrogens is 4. The number of carboxylic acid groups (broad SMARTS) is 2. The van der Waals surface area contributed by atoms with Gasteiger partial charge in [0.15, 0.2) is 12.0 Å². The minimum atomic E-state index is -1.36. The van der Waals surface area contributed by atoms with Crippen LogP contribution < -0.4 is 9.47 Å². The van der Waals surface area contributed by atoms with Gasteiger partial charge in [0.2, 0.25) is 0 Å². The highest BCUT2D eigenvalue weighted by molar-refractivity contribution is 6.00. The maximum atomic E-state index is 13.5. The van der Waals surface area contributed by atoms with Crippen molar-refractivity contribution in [1.82, 2.24) is 19.9 Å². The number of rotatable bonds is 9. The third-order valence-electron chi connectivity index (χ3n) is 7.55. The van der Waals surface area contributed by atoms with Crippen LogP contribution in [0.3, 0.4) is 0 Å². The number of nitrogens with zero attached hydrogens (tertiary/aromatic N) is 2. The maximum Gasteiger partial charge on any atom is 0.347 e. The molecular formula is C36H22N4O8. The zero-order valence-electron chi connectivity index (χ0n) is 24.6. The fourth-order valence-electron chi connectivity index (χ4n) is 5.23. The molecule has 0 fully saturated rings. The molecule has 7 aromatic rings. The third kappa shape index (κ3) is 5.49. The predicted molar refractivity (Wildman–Crippen MR) is 174 cm³/mol. The molecule has 0 aliphatic heterocycles. The van der Waals surface area contributed by atoms with Crippen LogP contribution in [-0.2, 0) is 0 Å². The Morgan fingerprint density at radius 2 is 1.17 bits per heavy atom. The Balaban J connectivity index is 1.21. The Kier molecular flexibility index (Phi) is 7.42. The van der Waals surface area contributed by atoms with Crippen molar-refractivity contribution in [2.75, 3.05) is 0 Å². The van der Waals surface area contributed by atoms with Crippen molar-refractivity contribution in [3.05, 3.63) is 125 Å². The van der Waals surface area contributed by atoms with Crippen molar-refractivity contribution in [2.45, 2.75) is 0 Å². The summed E-state index contributed by atoms with van der Waals surface area (Å²) < 4.78 is 11.5. The van der Waals surface area contributed by atoms with Crippen molar-refractivity contribution in [3.63, 3.8) is 0 Å². The molecule has 0 unspecified atom stereocenters. The lowest BCUT2D eigenvalue weighted by atomic mass is 10.1. The van der Waals surface area contributed by atoms with E-state index in [-0.39, 0.29) is 39.5 Å². The van der Waals surface area contributed by atoms with E-state index in [1.165, 1.54) is 42.5 Å². The number of H-pyrrole nitrogens is 2. The molecule has 0 amide bonds. The Hall–Kier alpha value is -7.08. The summed E-state index contributed by atoms with van der Waals surface area (Å²) >= 11 is 0. The lowest BCUT2D eigenvalue weighted by molar-refractivity contribution is 0.0673. The minimum absolute atomic E-state index is 0.0687. The molecule has 234 valence electrons. The van der Waals surface area contributed by atoms with Crippen LogP contribution >= 0.6 is 0 Å². The highest BCUT2D eigenvalue weighted by Gasteiger charge is 2.24. The number of ether oxygens (including phenoxy) is 2. The number of aromatic amines is 2. The van der Waals surface area contributed by atoms with Gasteiger partial charge in [-0.25, -0.2) is 24.4 Å². The second-order valence-electron chi connectivity index (χ2n) is 10.6. The summed E-state index contributed by atoms with van der Waals surface area (Å²) in [5.41, 5.74) is 2.94. The van der Waals surface area contributed by atoms with E-state index in [9.17, 15) is 29.4 Å². The van der Waals surface area contributed by atoms with Gasteiger partial charge in [-0.1, -0.05) is 30.3 Å². The summed E-state index contributed by atoms with van der Waals surface area (Å²) in [4.78, 5) is 65.4. The average Bonchev–Trinajstić information content (AvgIpc) is 3.73. The summed E-state index contributed by atoms with van der Waals surface area (Å²) in [5, 5.41) is 20.0.